The first-order chi connectivity index (χ1) is 9.76. The van der Waals surface area contributed by atoms with E-state index in [1.165, 1.54) is 35.1 Å². The lowest BCUT2D eigenvalue weighted by Crippen LogP contribution is -2.17. The number of nitrogen functional groups attached to an aromatic ring is 1. The zero-order chi connectivity index (χ0) is 15.6. The topological polar surface area (TPSA) is 73.3 Å². The van der Waals surface area contributed by atoms with Gasteiger partial charge < -0.3 is 15.6 Å². The molecular formula is C13H14F3N3O2. The van der Waals surface area contributed by atoms with Crippen LogP contribution in [0.2, 0.25) is 0 Å². The standard InChI is InChI=1S/C13H14F3N3O2/c1-19-12(17)10(7-18-19)11(20)6-8-2-4-9(5-3-8)21-13(14,15)16/h2-5,7,11,20H,6,17H2,1H3. The van der Waals surface area contributed by atoms with E-state index in [4.69, 9.17) is 5.73 Å². The van der Waals surface area contributed by atoms with Gasteiger partial charge in [-0.25, -0.2) is 0 Å². The smallest absolute Gasteiger partial charge is 0.406 e. The third-order valence-electron chi connectivity index (χ3n) is 2.96. The molecule has 3 N–H and O–H groups in total. The molecule has 0 amide bonds. The van der Waals surface area contributed by atoms with Crippen molar-refractivity contribution in [3.05, 3.63) is 41.6 Å². The van der Waals surface area contributed by atoms with Gasteiger partial charge in [0.1, 0.15) is 11.6 Å². The molecule has 1 unspecified atom stereocenters. The van der Waals surface area contributed by atoms with E-state index in [1.807, 2.05) is 0 Å². The molecule has 2 aromatic rings. The zero-order valence-electron chi connectivity index (χ0n) is 11.1. The van der Waals surface area contributed by atoms with Gasteiger partial charge in [-0.1, -0.05) is 12.1 Å². The first-order valence-electron chi connectivity index (χ1n) is 6.06. The second-order valence-corrected chi connectivity index (χ2v) is 4.52. The van der Waals surface area contributed by atoms with Crippen LogP contribution in [0.5, 0.6) is 5.75 Å². The Balaban J connectivity index is 2.05. The van der Waals surface area contributed by atoms with Crippen molar-refractivity contribution in [2.75, 3.05) is 5.73 Å². The van der Waals surface area contributed by atoms with Crippen LogP contribution in [0.3, 0.4) is 0 Å². The maximum absolute atomic E-state index is 12.0. The molecule has 0 saturated carbocycles. The average Bonchev–Trinajstić information content (AvgIpc) is 2.71. The number of alkyl halides is 3. The summed E-state index contributed by atoms with van der Waals surface area (Å²) in [6, 6.07) is 5.30. The SMILES string of the molecule is Cn1ncc(C(O)Cc2ccc(OC(F)(F)F)cc2)c1N. The summed E-state index contributed by atoms with van der Waals surface area (Å²) >= 11 is 0. The molecule has 0 aliphatic carbocycles. The molecule has 1 aromatic carbocycles. The Morgan fingerprint density at radius 2 is 1.95 bits per heavy atom. The van der Waals surface area contributed by atoms with E-state index in [-0.39, 0.29) is 12.2 Å². The summed E-state index contributed by atoms with van der Waals surface area (Å²) in [5.41, 5.74) is 6.88. The average molecular weight is 301 g/mol. The van der Waals surface area contributed by atoms with Crippen molar-refractivity contribution in [3.63, 3.8) is 0 Å². The van der Waals surface area contributed by atoms with Crippen molar-refractivity contribution in [2.45, 2.75) is 18.9 Å². The number of aliphatic hydroxyl groups is 1. The van der Waals surface area contributed by atoms with Crippen LogP contribution in [0.4, 0.5) is 19.0 Å². The van der Waals surface area contributed by atoms with E-state index < -0.39 is 12.5 Å². The van der Waals surface area contributed by atoms with Gasteiger partial charge in [-0.2, -0.15) is 5.10 Å². The minimum atomic E-state index is -4.72. The number of halogens is 3. The summed E-state index contributed by atoms with van der Waals surface area (Å²) in [6.45, 7) is 0. The quantitative estimate of drug-likeness (QED) is 0.908. The van der Waals surface area contributed by atoms with E-state index in [0.29, 0.717) is 16.9 Å². The molecule has 0 radical (unpaired) electrons. The summed E-state index contributed by atoms with van der Waals surface area (Å²) in [7, 11) is 1.65. The number of aliphatic hydroxyl groups excluding tert-OH is 1. The number of aromatic nitrogens is 2. The van der Waals surface area contributed by atoms with Gasteiger partial charge in [0, 0.05) is 19.0 Å². The van der Waals surface area contributed by atoms with Gasteiger partial charge in [0.2, 0.25) is 0 Å². The van der Waals surface area contributed by atoms with Crippen molar-refractivity contribution in [1.82, 2.24) is 9.78 Å². The molecule has 5 nitrogen and oxygen atoms in total. The Morgan fingerprint density at radius 3 is 2.43 bits per heavy atom. The van der Waals surface area contributed by atoms with Gasteiger partial charge in [-0.05, 0) is 17.7 Å². The summed E-state index contributed by atoms with van der Waals surface area (Å²) in [5, 5.41) is 14.0. The van der Waals surface area contributed by atoms with Crippen LogP contribution in [0.15, 0.2) is 30.5 Å². The van der Waals surface area contributed by atoms with Crippen molar-refractivity contribution in [3.8, 4) is 5.75 Å². The van der Waals surface area contributed by atoms with Gasteiger partial charge in [0.25, 0.3) is 0 Å². The van der Waals surface area contributed by atoms with E-state index in [0.717, 1.165) is 0 Å². The lowest BCUT2D eigenvalue weighted by Gasteiger charge is -2.12. The van der Waals surface area contributed by atoms with Crippen molar-refractivity contribution in [2.24, 2.45) is 7.05 Å². The molecule has 0 spiro atoms. The van der Waals surface area contributed by atoms with E-state index in [2.05, 4.69) is 9.84 Å². The molecule has 0 bridgehead atoms. The number of anilines is 1. The van der Waals surface area contributed by atoms with E-state index in [1.54, 1.807) is 7.05 Å². The van der Waals surface area contributed by atoms with Crippen LogP contribution in [-0.4, -0.2) is 21.2 Å². The lowest BCUT2D eigenvalue weighted by atomic mass is 10.0. The molecule has 0 aliphatic rings. The Kier molecular flexibility index (Phi) is 4.08. The maximum Gasteiger partial charge on any atom is 0.573 e. The molecule has 2 rings (SSSR count). The first-order valence-corrected chi connectivity index (χ1v) is 6.06. The fraction of sp³-hybridized carbons (Fsp3) is 0.308. The second-order valence-electron chi connectivity index (χ2n) is 4.52. The van der Waals surface area contributed by atoms with Crippen molar-refractivity contribution >= 4 is 5.82 Å². The summed E-state index contributed by atoms with van der Waals surface area (Å²) in [6.07, 6.45) is -3.93. The molecule has 0 fully saturated rings. The van der Waals surface area contributed by atoms with Crippen LogP contribution in [-0.2, 0) is 13.5 Å². The van der Waals surface area contributed by atoms with Crippen molar-refractivity contribution < 1.29 is 23.0 Å². The van der Waals surface area contributed by atoms with Gasteiger partial charge in [-0.15, -0.1) is 13.2 Å². The highest BCUT2D eigenvalue weighted by molar-refractivity contribution is 5.41. The Labute approximate surface area is 118 Å². The highest BCUT2D eigenvalue weighted by Crippen LogP contribution is 2.26. The molecule has 21 heavy (non-hydrogen) atoms. The van der Waals surface area contributed by atoms with Gasteiger partial charge in [0.05, 0.1) is 12.3 Å². The highest BCUT2D eigenvalue weighted by atomic mass is 19.4. The molecule has 1 heterocycles. The van der Waals surface area contributed by atoms with Crippen LogP contribution in [0.25, 0.3) is 0 Å². The van der Waals surface area contributed by atoms with Crippen LogP contribution < -0.4 is 10.5 Å². The number of aryl methyl sites for hydroxylation is 1. The van der Waals surface area contributed by atoms with Crippen LogP contribution in [0, 0.1) is 0 Å². The fourth-order valence-electron chi connectivity index (χ4n) is 1.88. The number of nitrogens with two attached hydrogens (primary N) is 1. The summed E-state index contributed by atoms with van der Waals surface area (Å²) in [4.78, 5) is 0. The third kappa shape index (κ3) is 3.88. The van der Waals surface area contributed by atoms with Gasteiger partial charge in [0.15, 0.2) is 0 Å². The predicted octanol–water partition coefficient (Wildman–Crippen LogP) is 2.18. The zero-order valence-corrected chi connectivity index (χ0v) is 11.1. The molecule has 114 valence electrons. The highest BCUT2D eigenvalue weighted by Gasteiger charge is 2.31. The Morgan fingerprint density at radius 1 is 1.33 bits per heavy atom. The number of hydrogen-bond donors (Lipinski definition) is 2. The Bertz CT molecular complexity index is 608. The number of benzene rings is 1. The van der Waals surface area contributed by atoms with Crippen LogP contribution >= 0.6 is 0 Å². The largest absolute Gasteiger partial charge is 0.573 e. The molecule has 8 heteroatoms. The monoisotopic (exact) mass is 301 g/mol. The maximum atomic E-state index is 12.0. The lowest BCUT2D eigenvalue weighted by molar-refractivity contribution is -0.274. The number of rotatable bonds is 4. The van der Waals surface area contributed by atoms with Crippen molar-refractivity contribution in [1.29, 1.82) is 0 Å². The number of ether oxygens (including phenoxy) is 1. The van der Waals surface area contributed by atoms with Gasteiger partial charge in [-0.3, -0.25) is 4.68 Å². The molecule has 1 atom stereocenters. The number of hydrogen-bond acceptors (Lipinski definition) is 4. The summed E-state index contributed by atoms with van der Waals surface area (Å²) in [5.74, 6) is 0.0427. The molecule has 0 aliphatic heterocycles. The normalized spacial score (nSPS) is 13.2. The third-order valence-corrected chi connectivity index (χ3v) is 2.96. The van der Waals surface area contributed by atoms with Gasteiger partial charge >= 0.3 is 6.36 Å². The number of nitrogens with zero attached hydrogens (tertiary/aromatic N) is 2. The van der Waals surface area contributed by atoms with Crippen LogP contribution in [0.1, 0.15) is 17.2 Å². The molecule has 0 saturated heterocycles. The second kappa shape index (κ2) is 5.65. The minimum Gasteiger partial charge on any atom is -0.406 e. The Hall–Kier alpha value is -2.22. The summed E-state index contributed by atoms with van der Waals surface area (Å²) < 4.78 is 41.3. The minimum absolute atomic E-state index is 0.211. The first kappa shape index (κ1) is 15.2. The van der Waals surface area contributed by atoms with E-state index >= 15 is 0 Å². The fourth-order valence-corrected chi connectivity index (χ4v) is 1.88. The predicted molar refractivity (Wildman–Crippen MR) is 69.4 cm³/mol. The van der Waals surface area contributed by atoms with E-state index in [9.17, 15) is 18.3 Å². The molecular weight excluding hydrogens is 287 g/mol. The molecule has 1 aromatic heterocycles.